The number of nitrogens with zero attached hydrogens (tertiary/aromatic N) is 1. The zero-order valence-electron chi connectivity index (χ0n) is 6.49. The van der Waals surface area contributed by atoms with E-state index in [9.17, 15) is 0 Å². The molecule has 0 saturated heterocycles. The van der Waals surface area contributed by atoms with Crippen LogP contribution in [0.3, 0.4) is 0 Å². The molecule has 3 heteroatoms. The van der Waals surface area contributed by atoms with Crippen molar-refractivity contribution in [3.05, 3.63) is 30.1 Å². The lowest BCUT2D eigenvalue weighted by atomic mass is 10.0. The first kappa shape index (κ1) is 8.17. The fraction of sp³-hybridized carbons (Fsp3) is 0.375. The summed E-state index contributed by atoms with van der Waals surface area (Å²) in [7, 11) is 0. The maximum atomic E-state index is 8.88. The molecule has 1 aromatic rings. The molecular formula is C8H12N2O. The van der Waals surface area contributed by atoms with Gasteiger partial charge in [-0.3, -0.25) is 4.98 Å². The Labute approximate surface area is 65.9 Å². The Kier molecular flexibility index (Phi) is 2.22. The summed E-state index contributed by atoms with van der Waals surface area (Å²) in [6.45, 7) is 1.65. The molecule has 0 fully saturated rings. The van der Waals surface area contributed by atoms with Crippen molar-refractivity contribution in [3.63, 3.8) is 0 Å². The summed E-state index contributed by atoms with van der Waals surface area (Å²) in [5.74, 6) is 0. The quantitative estimate of drug-likeness (QED) is 0.638. The highest BCUT2D eigenvalue weighted by Gasteiger charge is 2.20. The van der Waals surface area contributed by atoms with Crippen LogP contribution in [0.15, 0.2) is 24.4 Å². The summed E-state index contributed by atoms with van der Waals surface area (Å²) in [4.78, 5) is 4.04. The van der Waals surface area contributed by atoms with Crippen LogP contribution >= 0.6 is 0 Å². The van der Waals surface area contributed by atoms with E-state index in [1.54, 1.807) is 19.2 Å². The van der Waals surface area contributed by atoms with Gasteiger partial charge in [-0.05, 0) is 19.1 Å². The second-order valence-electron chi connectivity index (χ2n) is 2.79. The normalized spacial score (nSPS) is 15.9. The van der Waals surface area contributed by atoms with Crippen LogP contribution in [-0.2, 0) is 5.54 Å². The molecule has 0 amide bonds. The molecule has 60 valence electrons. The Hall–Kier alpha value is -0.930. The monoisotopic (exact) mass is 152 g/mol. The molecule has 0 saturated carbocycles. The van der Waals surface area contributed by atoms with Crippen LogP contribution in [0.4, 0.5) is 0 Å². The number of aliphatic hydroxyl groups is 1. The standard InChI is InChI=1S/C8H12N2O/c1-8(9,6-11)7-4-2-3-5-10-7/h2-5,11H,6,9H2,1H3. The Balaban J connectivity index is 2.93. The van der Waals surface area contributed by atoms with E-state index in [1.807, 2.05) is 12.1 Å². The van der Waals surface area contributed by atoms with E-state index in [4.69, 9.17) is 10.8 Å². The minimum Gasteiger partial charge on any atom is -0.394 e. The van der Waals surface area contributed by atoms with E-state index in [2.05, 4.69) is 4.98 Å². The Morgan fingerprint density at radius 1 is 1.64 bits per heavy atom. The molecular weight excluding hydrogens is 140 g/mol. The first-order valence-corrected chi connectivity index (χ1v) is 3.48. The number of hydrogen-bond acceptors (Lipinski definition) is 3. The molecule has 1 unspecified atom stereocenters. The maximum absolute atomic E-state index is 8.88. The van der Waals surface area contributed by atoms with Crippen molar-refractivity contribution in [2.45, 2.75) is 12.5 Å². The van der Waals surface area contributed by atoms with Crippen molar-refractivity contribution >= 4 is 0 Å². The van der Waals surface area contributed by atoms with Gasteiger partial charge < -0.3 is 10.8 Å². The highest BCUT2D eigenvalue weighted by atomic mass is 16.3. The molecule has 1 rings (SSSR count). The highest BCUT2D eigenvalue weighted by molar-refractivity contribution is 5.13. The van der Waals surface area contributed by atoms with Gasteiger partial charge in [-0.2, -0.15) is 0 Å². The molecule has 11 heavy (non-hydrogen) atoms. The topological polar surface area (TPSA) is 59.1 Å². The second-order valence-corrected chi connectivity index (χ2v) is 2.79. The lowest BCUT2D eigenvalue weighted by Gasteiger charge is -2.20. The van der Waals surface area contributed by atoms with Gasteiger partial charge in [0, 0.05) is 6.20 Å². The van der Waals surface area contributed by atoms with Gasteiger partial charge in [-0.25, -0.2) is 0 Å². The van der Waals surface area contributed by atoms with E-state index in [-0.39, 0.29) is 6.61 Å². The molecule has 3 N–H and O–H groups in total. The number of rotatable bonds is 2. The fourth-order valence-corrected chi connectivity index (χ4v) is 0.782. The minimum atomic E-state index is -0.721. The second kappa shape index (κ2) is 2.98. The molecule has 1 heterocycles. The summed E-state index contributed by atoms with van der Waals surface area (Å²) >= 11 is 0. The molecule has 1 atom stereocenters. The third-order valence-electron chi connectivity index (χ3n) is 1.58. The summed E-state index contributed by atoms with van der Waals surface area (Å²) in [6, 6.07) is 5.47. The van der Waals surface area contributed by atoms with Crippen LogP contribution in [0.25, 0.3) is 0 Å². The third-order valence-corrected chi connectivity index (χ3v) is 1.58. The largest absolute Gasteiger partial charge is 0.394 e. The Bertz CT molecular complexity index is 221. The predicted molar refractivity (Wildman–Crippen MR) is 42.9 cm³/mol. The number of hydrogen-bond donors (Lipinski definition) is 2. The molecule has 0 aromatic carbocycles. The van der Waals surface area contributed by atoms with Crippen molar-refractivity contribution in [3.8, 4) is 0 Å². The van der Waals surface area contributed by atoms with E-state index in [1.165, 1.54) is 0 Å². The highest BCUT2D eigenvalue weighted by Crippen LogP contribution is 2.12. The van der Waals surface area contributed by atoms with E-state index < -0.39 is 5.54 Å². The van der Waals surface area contributed by atoms with E-state index in [0.717, 1.165) is 0 Å². The Morgan fingerprint density at radius 3 is 2.82 bits per heavy atom. The molecule has 0 spiro atoms. The first-order chi connectivity index (χ1) is 5.17. The number of pyridine rings is 1. The Morgan fingerprint density at radius 2 is 2.36 bits per heavy atom. The van der Waals surface area contributed by atoms with Gasteiger partial charge in [-0.15, -0.1) is 0 Å². The van der Waals surface area contributed by atoms with Crippen molar-refractivity contribution in [1.82, 2.24) is 4.98 Å². The molecule has 0 aliphatic heterocycles. The van der Waals surface area contributed by atoms with E-state index in [0.29, 0.717) is 5.69 Å². The summed E-state index contributed by atoms with van der Waals surface area (Å²) < 4.78 is 0. The lowest BCUT2D eigenvalue weighted by Crippen LogP contribution is -2.37. The number of aromatic nitrogens is 1. The first-order valence-electron chi connectivity index (χ1n) is 3.48. The SMILES string of the molecule is CC(N)(CO)c1ccccn1. The summed E-state index contributed by atoms with van der Waals surface area (Å²) in [5.41, 5.74) is 5.71. The average molecular weight is 152 g/mol. The van der Waals surface area contributed by atoms with Crippen LogP contribution in [-0.4, -0.2) is 16.7 Å². The zero-order valence-corrected chi connectivity index (χ0v) is 6.49. The van der Waals surface area contributed by atoms with Gasteiger partial charge in [0.2, 0.25) is 0 Å². The maximum Gasteiger partial charge on any atom is 0.0789 e. The van der Waals surface area contributed by atoms with Gasteiger partial charge >= 0.3 is 0 Å². The van der Waals surface area contributed by atoms with Crippen molar-refractivity contribution in [2.24, 2.45) is 5.73 Å². The molecule has 1 aromatic heterocycles. The van der Waals surface area contributed by atoms with Crippen LogP contribution in [0.2, 0.25) is 0 Å². The molecule has 0 bridgehead atoms. The third kappa shape index (κ3) is 1.76. The van der Waals surface area contributed by atoms with Crippen molar-refractivity contribution < 1.29 is 5.11 Å². The summed E-state index contributed by atoms with van der Waals surface area (Å²) in [6.07, 6.45) is 1.66. The predicted octanol–water partition coefficient (Wildman–Crippen LogP) is 0.248. The average Bonchev–Trinajstić information content (AvgIpc) is 2.06. The van der Waals surface area contributed by atoms with Crippen LogP contribution in [0.5, 0.6) is 0 Å². The fourth-order valence-electron chi connectivity index (χ4n) is 0.782. The molecule has 0 radical (unpaired) electrons. The molecule has 0 aliphatic rings. The molecule has 3 nitrogen and oxygen atoms in total. The van der Waals surface area contributed by atoms with Crippen molar-refractivity contribution in [2.75, 3.05) is 6.61 Å². The van der Waals surface area contributed by atoms with Gasteiger partial charge in [0.05, 0.1) is 17.8 Å². The minimum absolute atomic E-state index is 0.0932. The van der Waals surface area contributed by atoms with Gasteiger partial charge in [-0.1, -0.05) is 6.07 Å². The molecule has 0 aliphatic carbocycles. The van der Waals surface area contributed by atoms with Gasteiger partial charge in [0.25, 0.3) is 0 Å². The van der Waals surface area contributed by atoms with Crippen LogP contribution in [0, 0.1) is 0 Å². The number of nitrogens with two attached hydrogens (primary N) is 1. The summed E-state index contributed by atoms with van der Waals surface area (Å²) in [5, 5.41) is 8.88. The van der Waals surface area contributed by atoms with E-state index >= 15 is 0 Å². The van der Waals surface area contributed by atoms with Gasteiger partial charge in [0.1, 0.15) is 0 Å². The zero-order chi connectivity index (χ0) is 8.32. The van der Waals surface area contributed by atoms with Crippen LogP contribution < -0.4 is 5.73 Å². The smallest absolute Gasteiger partial charge is 0.0789 e. The lowest BCUT2D eigenvalue weighted by molar-refractivity contribution is 0.207. The van der Waals surface area contributed by atoms with Crippen LogP contribution in [0.1, 0.15) is 12.6 Å². The van der Waals surface area contributed by atoms with Gasteiger partial charge in [0.15, 0.2) is 0 Å². The van der Waals surface area contributed by atoms with Crippen molar-refractivity contribution in [1.29, 1.82) is 0 Å². The number of aliphatic hydroxyl groups excluding tert-OH is 1.